The quantitative estimate of drug-likeness (QED) is 0.577. The summed E-state index contributed by atoms with van der Waals surface area (Å²) in [6.07, 6.45) is -5.99. The van der Waals surface area contributed by atoms with Gasteiger partial charge >= 0.3 is 12.3 Å². The number of thioether (sulfide) groups is 1. The molecule has 1 unspecified atom stereocenters. The lowest BCUT2D eigenvalue weighted by molar-refractivity contribution is -0.139. The van der Waals surface area contributed by atoms with E-state index < -0.39 is 40.9 Å². The number of amides is 1. The zero-order chi connectivity index (χ0) is 19.3. The molecule has 0 radical (unpaired) electrons. The summed E-state index contributed by atoms with van der Waals surface area (Å²) >= 11 is 0.634. The molecular formula is C16H15F6NO2S. The first-order valence-electron chi connectivity index (χ1n) is 7.84. The van der Waals surface area contributed by atoms with Crippen molar-refractivity contribution in [1.29, 1.82) is 0 Å². The predicted octanol–water partition coefficient (Wildman–Crippen LogP) is 4.96. The van der Waals surface area contributed by atoms with Crippen LogP contribution in [0.4, 0.5) is 31.1 Å². The molecule has 1 aliphatic heterocycles. The largest absolute Gasteiger partial charge is 0.465 e. The van der Waals surface area contributed by atoms with Gasteiger partial charge in [-0.25, -0.2) is 18.0 Å². The van der Waals surface area contributed by atoms with Crippen LogP contribution in [0.15, 0.2) is 23.1 Å². The highest BCUT2D eigenvalue weighted by molar-refractivity contribution is 7.99. The highest BCUT2D eigenvalue weighted by Gasteiger charge is 2.79. The van der Waals surface area contributed by atoms with Crippen LogP contribution < -0.4 is 0 Å². The molecule has 2 fully saturated rings. The van der Waals surface area contributed by atoms with Crippen molar-refractivity contribution in [2.75, 3.05) is 18.8 Å². The number of piperidine rings is 1. The molecule has 1 N–H and O–H groups in total. The number of alkyl halides is 5. The summed E-state index contributed by atoms with van der Waals surface area (Å²) in [7, 11) is 0. The number of halogens is 6. The Morgan fingerprint density at radius 1 is 1.27 bits per heavy atom. The van der Waals surface area contributed by atoms with E-state index in [1.54, 1.807) is 0 Å². The lowest BCUT2D eigenvalue weighted by atomic mass is 9.91. The fraction of sp³-hybridized carbons (Fsp3) is 0.562. The third-order valence-electron chi connectivity index (χ3n) is 5.26. The van der Waals surface area contributed by atoms with E-state index in [-0.39, 0.29) is 36.6 Å². The Balaban J connectivity index is 1.71. The zero-order valence-corrected chi connectivity index (χ0v) is 14.1. The van der Waals surface area contributed by atoms with E-state index in [1.807, 2.05) is 0 Å². The third kappa shape index (κ3) is 3.12. The van der Waals surface area contributed by atoms with Crippen LogP contribution >= 0.6 is 11.8 Å². The Morgan fingerprint density at radius 2 is 1.88 bits per heavy atom. The molecular weight excluding hydrogens is 384 g/mol. The molecule has 1 spiro atoms. The van der Waals surface area contributed by atoms with E-state index in [0.29, 0.717) is 17.8 Å². The summed E-state index contributed by atoms with van der Waals surface area (Å²) in [6, 6.07) is 2.17. The molecule has 1 aliphatic carbocycles. The number of rotatable bonds is 3. The van der Waals surface area contributed by atoms with Crippen molar-refractivity contribution in [2.45, 2.75) is 29.8 Å². The van der Waals surface area contributed by atoms with Crippen molar-refractivity contribution < 1.29 is 36.2 Å². The van der Waals surface area contributed by atoms with Gasteiger partial charge < -0.3 is 10.0 Å². The molecule has 1 atom stereocenters. The van der Waals surface area contributed by atoms with Gasteiger partial charge in [0, 0.05) is 35.1 Å². The molecule has 26 heavy (non-hydrogen) atoms. The monoisotopic (exact) mass is 399 g/mol. The average Bonchev–Trinajstić information content (AvgIpc) is 2.99. The van der Waals surface area contributed by atoms with Crippen LogP contribution in [0.5, 0.6) is 0 Å². The lowest BCUT2D eigenvalue weighted by Crippen LogP contribution is -2.39. The van der Waals surface area contributed by atoms with Crippen LogP contribution in [0, 0.1) is 17.2 Å². The minimum absolute atomic E-state index is 0.0174. The lowest BCUT2D eigenvalue weighted by Gasteiger charge is -2.30. The van der Waals surface area contributed by atoms with E-state index >= 15 is 0 Å². The topological polar surface area (TPSA) is 40.5 Å². The number of carboxylic acid groups (broad SMARTS) is 1. The van der Waals surface area contributed by atoms with Gasteiger partial charge in [-0.1, -0.05) is 0 Å². The maximum atomic E-state index is 14.3. The van der Waals surface area contributed by atoms with Crippen molar-refractivity contribution in [1.82, 2.24) is 4.90 Å². The van der Waals surface area contributed by atoms with Crippen LogP contribution in [-0.4, -0.2) is 40.9 Å². The molecule has 1 aromatic carbocycles. The normalized spacial score (nSPS) is 23.9. The van der Waals surface area contributed by atoms with E-state index in [0.717, 1.165) is 17.0 Å². The molecule has 3 nitrogen and oxygen atoms in total. The highest BCUT2D eigenvalue weighted by atomic mass is 32.2. The van der Waals surface area contributed by atoms with Crippen LogP contribution in [0.2, 0.25) is 0 Å². The number of hydrogen-bond donors (Lipinski definition) is 1. The standard InChI is InChI=1S/C16H15F6NO2S/c17-9-1-2-11(10(7-9)16(20,21)22)26-8-12-14(15(12,18)19)3-5-23(6-4-14)13(24)25/h1-2,7,12H,3-6,8H2,(H,24,25). The first-order valence-corrected chi connectivity index (χ1v) is 8.83. The first-order chi connectivity index (χ1) is 12.0. The molecule has 144 valence electrons. The van der Waals surface area contributed by atoms with E-state index in [9.17, 15) is 31.1 Å². The molecule has 1 heterocycles. The van der Waals surface area contributed by atoms with Crippen molar-refractivity contribution in [3.05, 3.63) is 29.6 Å². The van der Waals surface area contributed by atoms with Gasteiger partial charge in [0.15, 0.2) is 0 Å². The summed E-state index contributed by atoms with van der Waals surface area (Å²) in [4.78, 5) is 11.7. The van der Waals surface area contributed by atoms with Crippen molar-refractivity contribution >= 4 is 17.9 Å². The van der Waals surface area contributed by atoms with Crippen LogP contribution in [-0.2, 0) is 6.18 Å². The summed E-state index contributed by atoms with van der Waals surface area (Å²) < 4.78 is 80.7. The number of hydrogen-bond acceptors (Lipinski definition) is 2. The average molecular weight is 399 g/mol. The minimum atomic E-state index is -4.78. The van der Waals surface area contributed by atoms with Crippen molar-refractivity contribution in [2.24, 2.45) is 11.3 Å². The predicted molar refractivity (Wildman–Crippen MR) is 81.8 cm³/mol. The summed E-state index contributed by atoms with van der Waals surface area (Å²) in [5, 5.41) is 8.90. The number of carbonyl (C=O) groups is 1. The van der Waals surface area contributed by atoms with Gasteiger partial charge in [-0.05, 0) is 31.0 Å². The summed E-state index contributed by atoms with van der Waals surface area (Å²) in [5.41, 5.74) is -2.54. The highest BCUT2D eigenvalue weighted by Crippen LogP contribution is 2.71. The van der Waals surface area contributed by atoms with E-state index in [4.69, 9.17) is 5.11 Å². The number of likely N-dealkylation sites (tertiary alicyclic amines) is 1. The molecule has 1 saturated heterocycles. The SMILES string of the molecule is O=C(O)N1CCC2(CC1)C(CSc1ccc(F)cc1C(F)(F)F)C2(F)F. The van der Waals surface area contributed by atoms with Crippen LogP contribution in [0.1, 0.15) is 18.4 Å². The van der Waals surface area contributed by atoms with Crippen LogP contribution in [0.3, 0.4) is 0 Å². The molecule has 1 aromatic rings. The van der Waals surface area contributed by atoms with Crippen molar-refractivity contribution in [3.8, 4) is 0 Å². The maximum Gasteiger partial charge on any atom is 0.417 e. The molecule has 10 heteroatoms. The molecule has 1 saturated carbocycles. The van der Waals surface area contributed by atoms with Gasteiger partial charge in [-0.15, -0.1) is 11.8 Å². The second-order valence-electron chi connectivity index (χ2n) is 6.55. The van der Waals surface area contributed by atoms with Gasteiger partial charge in [-0.3, -0.25) is 0 Å². The van der Waals surface area contributed by atoms with Gasteiger partial charge in [0.25, 0.3) is 5.92 Å². The molecule has 2 aliphatic rings. The Bertz CT molecular complexity index is 715. The van der Waals surface area contributed by atoms with Gasteiger partial charge in [0.2, 0.25) is 0 Å². The smallest absolute Gasteiger partial charge is 0.417 e. The summed E-state index contributed by atoms with van der Waals surface area (Å²) in [6.45, 7) is -0.0348. The second kappa shape index (κ2) is 6.24. The minimum Gasteiger partial charge on any atom is -0.465 e. The fourth-order valence-corrected chi connectivity index (χ4v) is 5.03. The Labute approximate surface area is 149 Å². The molecule has 3 rings (SSSR count). The zero-order valence-electron chi connectivity index (χ0n) is 13.3. The third-order valence-corrected chi connectivity index (χ3v) is 6.43. The van der Waals surface area contributed by atoms with Gasteiger partial charge in [0.05, 0.1) is 5.56 Å². The Hall–Kier alpha value is -1.58. The second-order valence-corrected chi connectivity index (χ2v) is 7.61. The van der Waals surface area contributed by atoms with Crippen molar-refractivity contribution in [3.63, 3.8) is 0 Å². The molecule has 0 aromatic heterocycles. The molecule has 0 bridgehead atoms. The van der Waals surface area contributed by atoms with Gasteiger partial charge in [0.1, 0.15) is 5.82 Å². The fourth-order valence-electron chi connectivity index (χ4n) is 3.66. The summed E-state index contributed by atoms with van der Waals surface area (Å²) in [5.74, 6) is -5.45. The van der Waals surface area contributed by atoms with E-state index in [1.165, 1.54) is 0 Å². The van der Waals surface area contributed by atoms with E-state index in [2.05, 4.69) is 0 Å². The number of nitrogens with zero attached hydrogens (tertiary/aromatic N) is 1. The molecule has 1 amide bonds. The Morgan fingerprint density at radius 3 is 2.42 bits per heavy atom. The van der Waals surface area contributed by atoms with Gasteiger partial charge in [-0.2, -0.15) is 13.2 Å². The Kier molecular flexibility index (Phi) is 4.61. The maximum absolute atomic E-state index is 14.3. The number of benzene rings is 1. The first kappa shape index (κ1) is 19.2. The van der Waals surface area contributed by atoms with Crippen LogP contribution in [0.25, 0.3) is 0 Å².